The summed E-state index contributed by atoms with van der Waals surface area (Å²) in [5.74, 6) is -1.55. The molecule has 0 spiro atoms. The molecule has 1 heterocycles. The first-order valence-electron chi connectivity index (χ1n) is 6.15. The van der Waals surface area contributed by atoms with E-state index in [1.165, 1.54) is 12.3 Å². The molecule has 0 unspecified atom stereocenters. The van der Waals surface area contributed by atoms with Gasteiger partial charge in [-0.05, 0) is 40.2 Å². The molecule has 0 saturated carbocycles. The van der Waals surface area contributed by atoms with E-state index in [1.807, 2.05) is 0 Å². The molecule has 22 heavy (non-hydrogen) atoms. The van der Waals surface area contributed by atoms with E-state index in [0.29, 0.717) is 20.4 Å². The molecule has 0 fully saturated rings. The first-order chi connectivity index (χ1) is 10.5. The van der Waals surface area contributed by atoms with Gasteiger partial charge in [0.2, 0.25) is 0 Å². The highest BCUT2D eigenvalue weighted by atomic mass is 79.9. The minimum atomic E-state index is -0.785. The van der Waals surface area contributed by atoms with Gasteiger partial charge in [0.15, 0.2) is 11.6 Å². The number of halogens is 4. The zero-order valence-electron chi connectivity index (χ0n) is 10.9. The van der Waals surface area contributed by atoms with E-state index in [0.717, 1.165) is 12.1 Å². The van der Waals surface area contributed by atoms with Crippen LogP contribution in [0.25, 0.3) is 10.9 Å². The number of nitrogens with one attached hydrogen (secondary N) is 1. The number of aromatic nitrogens is 1. The maximum atomic E-state index is 13.5. The second-order valence-electron chi connectivity index (χ2n) is 4.53. The molecule has 0 aliphatic carbocycles. The molecule has 112 valence electrons. The highest BCUT2D eigenvalue weighted by Crippen LogP contribution is 2.38. The Kier molecular flexibility index (Phi) is 3.88. The summed E-state index contributed by atoms with van der Waals surface area (Å²) in [6.07, 6.45) is 1.26. The molecule has 0 atom stereocenters. The van der Waals surface area contributed by atoms with Crippen molar-refractivity contribution in [2.24, 2.45) is 4.99 Å². The first-order valence-corrected chi connectivity index (χ1v) is 7.32. The highest BCUT2D eigenvalue weighted by Gasteiger charge is 2.14. The predicted molar refractivity (Wildman–Crippen MR) is 86.3 cm³/mol. The van der Waals surface area contributed by atoms with E-state index in [1.54, 1.807) is 12.1 Å². The number of rotatable bonds is 2. The Labute approximate surface area is 137 Å². The second-order valence-corrected chi connectivity index (χ2v) is 5.76. The van der Waals surface area contributed by atoms with E-state index in [2.05, 4.69) is 25.9 Å². The molecule has 0 aliphatic rings. The van der Waals surface area contributed by atoms with Crippen LogP contribution in [0.5, 0.6) is 5.75 Å². The Hall–Kier alpha value is -1.92. The lowest BCUT2D eigenvalue weighted by Crippen LogP contribution is -1.83. The lowest BCUT2D eigenvalue weighted by atomic mass is 10.2. The molecule has 3 aromatic rings. The van der Waals surface area contributed by atoms with Gasteiger partial charge in [0.1, 0.15) is 11.5 Å². The average molecular weight is 386 g/mol. The van der Waals surface area contributed by atoms with Crippen molar-refractivity contribution in [3.63, 3.8) is 0 Å². The number of hydrogen-bond acceptors (Lipinski definition) is 2. The molecular weight excluding hydrogens is 378 g/mol. The fraction of sp³-hybridized carbons (Fsp3) is 0. The second kappa shape index (κ2) is 5.70. The zero-order chi connectivity index (χ0) is 15.9. The fourth-order valence-corrected chi connectivity index (χ4v) is 2.62. The Morgan fingerprint density at radius 2 is 2.00 bits per heavy atom. The van der Waals surface area contributed by atoms with Gasteiger partial charge in [-0.2, -0.15) is 0 Å². The number of benzene rings is 2. The number of nitrogens with zero attached hydrogens (tertiary/aromatic N) is 1. The molecule has 3 nitrogen and oxygen atoms in total. The average Bonchev–Trinajstić information content (AvgIpc) is 2.79. The summed E-state index contributed by atoms with van der Waals surface area (Å²) in [4.78, 5) is 6.84. The van der Waals surface area contributed by atoms with Crippen molar-refractivity contribution < 1.29 is 13.9 Å². The van der Waals surface area contributed by atoms with Crippen LogP contribution in [-0.2, 0) is 0 Å². The summed E-state index contributed by atoms with van der Waals surface area (Å²) in [6, 6.07) is 6.53. The van der Waals surface area contributed by atoms with Gasteiger partial charge in [0.25, 0.3) is 0 Å². The molecule has 0 aliphatic heterocycles. The Morgan fingerprint density at radius 1 is 1.23 bits per heavy atom. The SMILES string of the molecule is Oc1c(C=Nc2ccc(F)cc2F)[nH]c2ccc(Br)c(Cl)c12. The van der Waals surface area contributed by atoms with Gasteiger partial charge >= 0.3 is 0 Å². The lowest BCUT2D eigenvalue weighted by molar-refractivity contribution is 0.480. The molecule has 0 bridgehead atoms. The molecule has 3 rings (SSSR count). The molecular formula is C15H8BrClF2N2O. The maximum absolute atomic E-state index is 13.5. The van der Waals surface area contributed by atoms with Crippen molar-refractivity contribution in [3.05, 3.63) is 57.2 Å². The molecule has 0 saturated heterocycles. The minimum Gasteiger partial charge on any atom is -0.505 e. The standard InChI is InChI=1S/C15H8BrClF2N2O/c16-8-2-4-11-13(14(8)17)15(22)12(21-11)6-20-10-3-1-7(18)5-9(10)19/h1-6,21-22H. The van der Waals surface area contributed by atoms with Gasteiger partial charge in [0, 0.05) is 10.5 Å². The molecule has 0 radical (unpaired) electrons. The van der Waals surface area contributed by atoms with Crippen LogP contribution in [0.1, 0.15) is 5.69 Å². The van der Waals surface area contributed by atoms with Gasteiger partial charge < -0.3 is 10.1 Å². The molecule has 7 heteroatoms. The van der Waals surface area contributed by atoms with Crippen molar-refractivity contribution in [2.45, 2.75) is 0 Å². The smallest absolute Gasteiger partial charge is 0.151 e. The lowest BCUT2D eigenvalue weighted by Gasteiger charge is -1.98. The van der Waals surface area contributed by atoms with Crippen molar-refractivity contribution in [1.82, 2.24) is 4.98 Å². The Bertz CT molecular complexity index is 908. The van der Waals surface area contributed by atoms with Gasteiger partial charge in [-0.15, -0.1) is 0 Å². The van der Waals surface area contributed by atoms with Gasteiger partial charge in [-0.25, -0.2) is 8.78 Å². The van der Waals surface area contributed by atoms with E-state index in [-0.39, 0.29) is 17.1 Å². The van der Waals surface area contributed by atoms with Crippen LogP contribution in [0.4, 0.5) is 14.5 Å². The minimum absolute atomic E-state index is 0.0354. The van der Waals surface area contributed by atoms with E-state index in [4.69, 9.17) is 11.6 Å². The molecule has 0 amide bonds. The normalized spacial score (nSPS) is 11.6. The summed E-state index contributed by atoms with van der Waals surface area (Å²) >= 11 is 9.41. The van der Waals surface area contributed by atoms with Crippen LogP contribution < -0.4 is 0 Å². The van der Waals surface area contributed by atoms with Crippen LogP contribution in [0.2, 0.25) is 5.02 Å². The van der Waals surface area contributed by atoms with Crippen molar-refractivity contribution in [3.8, 4) is 5.75 Å². The summed E-state index contributed by atoms with van der Waals surface area (Å²) < 4.78 is 27.0. The van der Waals surface area contributed by atoms with Gasteiger partial charge in [-0.3, -0.25) is 4.99 Å². The molecule has 2 aromatic carbocycles. The van der Waals surface area contributed by atoms with Crippen LogP contribution in [0.3, 0.4) is 0 Å². The largest absolute Gasteiger partial charge is 0.505 e. The summed E-state index contributed by atoms with van der Waals surface area (Å²) in [6.45, 7) is 0. The molecule has 1 aromatic heterocycles. The topological polar surface area (TPSA) is 48.4 Å². The zero-order valence-corrected chi connectivity index (χ0v) is 13.2. The van der Waals surface area contributed by atoms with E-state index >= 15 is 0 Å². The van der Waals surface area contributed by atoms with Crippen molar-refractivity contribution in [2.75, 3.05) is 0 Å². The summed E-state index contributed by atoms with van der Waals surface area (Å²) in [5, 5.41) is 11.0. The number of H-pyrrole nitrogens is 1. The van der Waals surface area contributed by atoms with E-state index < -0.39 is 11.6 Å². The number of fused-ring (bicyclic) bond motifs is 1. The highest BCUT2D eigenvalue weighted by molar-refractivity contribution is 9.10. The van der Waals surface area contributed by atoms with Crippen molar-refractivity contribution in [1.29, 1.82) is 0 Å². The number of aromatic amines is 1. The quantitative estimate of drug-likeness (QED) is 0.576. The Balaban J connectivity index is 2.06. The third-order valence-corrected chi connectivity index (χ3v) is 4.38. The number of aromatic hydroxyl groups is 1. The molecule has 2 N–H and O–H groups in total. The number of hydrogen-bond donors (Lipinski definition) is 2. The third-order valence-electron chi connectivity index (χ3n) is 3.10. The first kappa shape index (κ1) is 15.0. The van der Waals surface area contributed by atoms with Crippen LogP contribution in [0, 0.1) is 11.6 Å². The Morgan fingerprint density at radius 3 is 2.73 bits per heavy atom. The maximum Gasteiger partial charge on any atom is 0.151 e. The van der Waals surface area contributed by atoms with Crippen LogP contribution >= 0.6 is 27.5 Å². The van der Waals surface area contributed by atoms with Crippen LogP contribution in [-0.4, -0.2) is 16.3 Å². The van der Waals surface area contributed by atoms with E-state index in [9.17, 15) is 13.9 Å². The monoisotopic (exact) mass is 384 g/mol. The van der Waals surface area contributed by atoms with Crippen molar-refractivity contribution >= 4 is 50.3 Å². The van der Waals surface area contributed by atoms with Crippen LogP contribution in [0.15, 0.2) is 39.8 Å². The fourth-order valence-electron chi connectivity index (χ4n) is 2.04. The number of aliphatic imine (C=N–C) groups is 1. The van der Waals surface area contributed by atoms with Gasteiger partial charge in [-0.1, -0.05) is 11.6 Å². The summed E-state index contributed by atoms with van der Waals surface area (Å²) in [5.41, 5.74) is 0.859. The summed E-state index contributed by atoms with van der Waals surface area (Å²) in [7, 11) is 0. The third kappa shape index (κ3) is 2.60. The van der Waals surface area contributed by atoms with Gasteiger partial charge in [0.05, 0.1) is 27.8 Å². The predicted octanol–water partition coefficient (Wildman–Crippen LogP) is 5.32.